The lowest BCUT2D eigenvalue weighted by atomic mass is 9.89. The third kappa shape index (κ3) is 5.11. The van der Waals surface area contributed by atoms with E-state index >= 15 is 0 Å². The van der Waals surface area contributed by atoms with Crippen LogP contribution in [0.2, 0.25) is 0 Å². The van der Waals surface area contributed by atoms with Crippen molar-refractivity contribution in [2.45, 2.75) is 56.9 Å². The number of hydrogen-bond acceptors (Lipinski definition) is 5. The summed E-state index contributed by atoms with van der Waals surface area (Å²) >= 11 is 0. The molecular weight excluding hydrogens is 344 g/mol. The van der Waals surface area contributed by atoms with Gasteiger partial charge in [-0.25, -0.2) is 0 Å². The Labute approximate surface area is 162 Å². The van der Waals surface area contributed by atoms with Crippen LogP contribution in [0.25, 0.3) is 0 Å². The first kappa shape index (κ1) is 20.3. The molecule has 5 atom stereocenters. The SMILES string of the molecule is C=CC[C@@H]1[C@@H](C(OC)OC)[C@H](OC2CCCCO2)C[C@H]1Oc1ccccc1. The van der Waals surface area contributed by atoms with Crippen molar-refractivity contribution in [1.29, 1.82) is 0 Å². The van der Waals surface area contributed by atoms with Crippen LogP contribution in [0.1, 0.15) is 32.1 Å². The monoisotopic (exact) mass is 376 g/mol. The van der Waals surface area contributed by atoms with Crippen molar-refractivity contribution in [3.63, 3.8) is 0 Å². The Morgan fingerprint density at radius 3 is 2.56 bits per heavy atom. The molecule has 3 rings (SSSR count). The first-order chi connectivity index (χ1) is 13.3. The van der Waals surface area contributed by atoms with Crippen molar-refractivity contribution >= 4 is 0 Å². The lowest BCUT2D eigenvalue weighted by molar-refractivity contribution is -0.227. The minimum absolute atomic E-state index is 0.0109. The molecule has 27 heavy (non-hydrogen) atoms. The number of para-hydroxylation sites is 1. The Bertz CT molecular complexity index is 553. The first-order valence-electron chi connectivity index (χ1n) is 9.92. The summed E-state index contributed by atoms with van der Waals surface area (Å²) in [5, 5.41) is 0. The predicted octanol–water partition coefficient (Wildman–Crippen LogP) is 4.18. The molecule has 1 saturated carbocycles. The van der Waals surface area contributed by atoms with Gasteiger partial charge in [0.05, 0.1) is 6.10 Å². The fourth-order valence-corrected chi connectivity index (χ4v) is 4.34. The molecule has 0 N–H and O–H groups in total. The Morgan fingerprint density at radius 2 is 1.93 bits per heavy atom. The number of methoxy groups -OCH3 is 2. The molecule has 0 radical (unpaired) electrons. The summed E-state index contributed by atoms with van der Waals surface area (Å²) < 4.78 is 29.9. The molecule has 1 saturated heterocycles. The number of rotatable bonds is 9. The molecule has 5 heteroatoms. The zero-order valence-corrected chi connectivity index (χ0v) is 16.4. The van der Waals surface area contributed by atoms with Gasteiger partial charge in [0, 0.05) is 39.1 Å². The first-order valence-corrected chi connectivity index (χ1v) is 9.92. The third-order valence-electron chi connectivity index (χ3n) is 5.58. The van der Waals surface area contributed by atoms with E-state index in [2.05, 4.69) is 6.58 Å². The van der Waals surface area contributed by atoms with Crippen LogP contribution in [0.5, 0.6) is 5.75 Å². The summed E-state index contributed by atoms with van der Waals surface area (Å²) in [4.78, 5) is 0. The normalized spacial score (nSPS) is 31.1. The fourth-order valence-electron chi connectivity index (χ4n) is 4.34. The number of hydrogen-bond donors (Lipinski definition) is 0. The second kappa shape index (κ2) is 10.2. The van der Waals surface area contributed by atoms with Crippen LogP contribution >= 0.6 is 0 Å². The van der Waals surface area contributed by atoms with Gasteiger partial charge in [0.25, 0.3) is 0 Å². The van der Waals surface area contributed by atoms with Crippen molar-refractivity contribution in [1.82, 2.24) is 0 Å². The lowest BCUT2D eigenvalue weighted by Crippen LogP contribution is -2.39. The van der Waals surface area contributed by atoms with Crippen molar-refractivity contribution in [3.05, 3.63) is 43.0 Å². The molecule has 5 nitrogen and oxygen atoms in total. The topological polar surface area (TPSA) is 46.2 Å². The van der Waals surface area contributed by atoms with E-state index < -0.39 is 0 Å². The van der Waals surface area contributed by atoms with Gasteiger partial charge in [-0.15, -0.1) is 6.58 Å². The highest BCUT2D eigenvalue weighted by Crippen LogP contribution is 2.43. The zero-order chi connectivity index (χ0) is 19.1. The molecule has 1 unspecified atom stereocenters. The predicted molar refractivity (Wildman–Crippen MR) is 104 cm³/mol. The molecule has 2 fully saturated rings. The van der Waals surface area contributed by atoms with E-state index in [-0.39, 0.29) is 36.6 Å². The van der Waals surface area contributed by atoms with Gasteiger partial charge in [-0.3, -0.25) is 0 Å². The largest absolute Gasteiger partial charge is 0.490 e. The highest BCUT2D eigenvalue weighted by atomic mass is 16.7. The maximum absolute atomic E-state index is 6.40. The molecule has 1 aliphatic heterocycles. The molecule has 150 valence electrons. The fraction of sp³-hybridized carbons (Fsp3) is 0.636. The van der Waals surface area contributed by atoms with Crippen LogP contribution in [0.4, 0.5) is 0 Å². The molecule has 1 aliphatic carbocycles. The summed E-state index contributed by atoms with van der Waals surface area (Å²) in [5.74, 6) is 1.12. The Balaban J connectivity index is 1.79. The van der Waals surface area contributed by atoms with Gasteiger partial charge in [-0.2, -0.15) is 0 Å². The summed E-state index contributed by atoms with van der Waals surface area (Å²) in [5.41, 5.74) is 0. The van der Waals surface area contributed by atoms with Crippen molar-refractivity contribution in [2.24, 2.45) is 11.8 Å². The molecular formula is C22H32O5. The van der Waals surface area contributed by atoms with Crippen molar-refractivity contribution < 1.29 is 23.7 Å². The summed E-state index contributed by atoms with van der Waals surface area (Å²) in [6.45, 7) is 4.71. The smallest absolute Gasteiger partial charge is 0.162 e. The maximum atomic E-state index is 6.40. The molecule has 0 spiro atoms. The van der Waals surface area contributed by atoms with Crippen LogP contribution in [0.15, 0.2) is 43.0 Å². The number of allylic oxidation sites excluding steroid dienone is 1. The average Bonchev–Trinajstić information content (AvgIpc) is 3.02. The molecule has 0 bridgehead atoms. The second-order valence-corrected chi connectivity index (χ2v) is 7.28. The molecule has 2 aliphatic rings. The number of benzene rings is 1. The van der Waals surface area contributed by atoms with E-state index in [0.717, 1.165) is 44.5 Å². The Kier molecular flexibility index (Phi) is 7.70. The van der Waals surface area contributed by atoms with E-state index in [4.69, 9.17) is 23.7 Å². The summed E-state index contributed by atoms with van der Waals surface area (Å²) in [6.07, 6.45) is 6.18. The van der Waals surface area contributed by atoms with Gasteiger partial charge in [-0.1, -0.05) is 24.3 Å². The minimum atomic E-state index is -0.354. The molecule has 0 aromatic heterocycles. The van der Waals surface area contributed by atoms with Gasteiger partial charge in [-0.05, 0) is 37.8 Å². The minimum Gasteiger partial charge on any atom is -0.490 e. The molecule has 0 amide bonds. The Morgan fingerprint density at radius 1 is 1.15 bits per heavy atom. The van der Waals surface area contributed by atoms with Crippen LogP contribution in [-0.4, -0.2) is 45.6 Å². The number of ether oxygens (including phenoxy) is 5. The average molecular weight is 376 g/mol. The van der Waals surface area contributed by atoms with Crippen molar-refractivity contribution in [2.75, 3.05) is 20.8 Å². The van der Waals surface area contributed by atoms with Crippen LogP contribution in [0.3, 0.4) is 0 Å². The van der Waals surface area contributed by atoms with Crippen LogP contribution in [-0.2, 0) is 18.9 Å². The zero-order valence-electron chi connectivity index (χ0n) is 16.4. The third-order valence-corrected chi connectivity index (χ3v) is 5.58. The van der Waals surface area contributed by atoms with Gasteiger partial charge in [0.1, 0.15) is 11.9 Å². The lowest BCUT2D eigenvalue weighted by Gasteiger charge is -2.33. The summed E-state index contributed by atoms with van der Waals surface area (Å²) in [7, 11) is 3.36. The van der Waals surface area contributed by atoms with E-state index in [0.29, 0.717) is 0 Å². The van der Waals surface area contributed by atoms with E-state index in [1.165, 1.54) is 0 Å². The molecule has 1 heterocycles. The Hall–Kier alpha value is -1.40. The van der Waals surface area contributed by atoms with E-state index in [9.17, 15) is 0 Å². The highest BCUT2D eigenvalue weighted by molar-refractivity contribution is 5.22. The van der Waals surface area contributed by atoms with Crippen LogP contribution in [0, 0.1) is 11.8 Å². The molecule has 1 aromatic carbocycles. The quantitative estimate of drug-likeness (QED) is 0.478. The second-order valence-electron chi connectivity index (χ2n) is 7.28. The van der Waals surface area contributed by atoms with Gasteiger partial charge in [0.2, 0.25) is 0 Å². The molecule has 1 aromatic rings. The summed E-state index contributed by atoms with van der Waals surface area (Å²) in [6, 6.07) is 9.94. The van der Waals surface area contributed by atoms with E-state index in [1.807, 2.05) is 36.4 Å². The van der Waals surface area contributed by atoms with Gasteiger partial charge >= 0.3 is 0 Å². The standard InChI is InChI=1S/C22H32O5/c1-4-10-17-18(26-16-11-6-5-7-12-16)15-19(21(17)22(23-2)24-3)27-20-13-8-9-14-25-20/h4-7,11-12,17-22H,1,8-10,13-15H2,2-3H3/t17-,18+,19+,20?,21+/m0/s1. The van der Waals surface area contributed by atoms with Gasteiger partial charge < -0.3 is 23.7 Å². The van der Waals surface area contributed by atoms with E-state index in [1.54, 1.807) is 14.2 Å². The highest BCUT2D eigenvalue weighted by Gasteiger charge is 2.49. The van der Waals surface area contributed by atoms with Crippen LogP contribution < -0.4 is 4.74 Å². The maximum Gasteiger partial charge on any atom is 0.162 e. The van der Waals surface area contributed by atoms with Gasteiger partial charge in [0.15, 0.2) is 12.6 Å². The van der Waals surface area contributed by atoms with Crippen molar-refractivity contribution in [3.8, 4) is 5.75 Å².